The van der Waals surface area contributed by atoms with Gasteiger partial charge in [-0.3, -0.25) is 9.59 Å². The van der Waals surface area contributed by atoms with E-state index in [1.807, 2.05) is 24.3 Å². The Labute approximate surface area is 166 Å². The standard InChI is InChI=1S/C23H15ClN2O2/c24-12-9-10-25-17(11-12)26-22(27)20-18-13-5-1-2-6-14(13)19(21(20)23(26)28)16-8-4-3-7-15(16)18/h1-11,18-21H/t18?,19?,20-,21-/m1/s1. The van der Waals surface area contributed by atoms with Gasteiger partial charge in [-0.15, -0.1) is 0 Å². The van der Waals surface area contributed by atoms with E-state index in [-0.39, 0.29) is 23.7 Å². The summed E-state index contributed by atoms with van der Waals surface area (Å²) in [5.41, 5.74) is 4.65. The third-order valence-corrected chi connectivity index (χ3v) is 6.62. The lowest BCUT2D eigenvalue weighted by Gasteiger charge is -2.45. The zero-order chi connectivity index (χ0) is 19.0. The van der Waals surface area contributed by atoms with Crippen LogP contribution in [0.4, 0.5) is 5.82 Å². The van der Waals surface area contributed by atoms with E-state index in [4.69, 9.17) is 11.6 Å². The van der Waals surface area contributed by atoms with Crippen molar-refractivity contribution in [3.05, 3.63) is 94.1 Å². The first-order chi connectivity index (χ1) is 13.7. The van der Waals surface area contributed by atoms with Crippen LogP contribution in [-0.4, -0.2) is 16.8 Å². The summed E-state index contributed by atoms with van der Waals surface area (Å²) in [7, 11) is 0. The van der Waals surface area contributed by atoms with Crippen LogP contribution in [0.15, 0.2) is 66.9 Å². The van der Waals surface area contributed by atoms with Gasteiger partial charge in [0.25, 0.3) is 0 Å². The monoisotopic (exact) mass is 386 g/mol. The van der Waals surface area contributed by atoms with E-state index in [0.29, 0.717) is 10.8 Å². The first kappa shape index (κ1) is 16.0. The van der Waals surface area contributed by atoms with Gasteiger partial charge in [-0.05, 0) is 28.3 Å². The number of carbonyl (C=O) groups is 2. The summed E-state index contributed by atoms with van der Waals surface area (Å²) in [6, 6.07) is 19.6. The summed E-state index contributed by atoms with van der Waals surface area (Å²) < 4.78 is 0. The fourth-order valence-electron chi connectivity index (χ4n) is 5.42. The summed E-state index contributed by atoms with van der Waals surface area (Å²) >= 11 is 6.10. The summed E-state index contributed by atoms with van der Waals surface area (Å²) in [6.45, 7) is 0. The second-order valence-corrected chi connectivity index (χ2v) is 8.05. The minimum absolute atomic E-state index is 0.108. The number of amides is 2. The Bertz CT molecular complexity index is 1060. The first-order valence-electron chi connectivity index (χ1n) is 9.34. The zero-order valence-corrected chi connectivity index (χ0v) is 15.5. The second-order valence-electron chi connectivity index (χ2n) is 7.61. The van der Waals surface area contributed by atoms with Crippen molar-refractivity contribution in [3.8, 4) is 0 Å². The molecular formula is C23H15ClN2O2. The van der Waals surface area contributed by atoms with E-state index >= 15 is 0 Å². The van der Waals surface area contributed by atoms with Gasteiger partial charge in [-0.2, -0.15) is 0 Å². The van der Waals surface area contributed by atoms with Crippen LogP contribution in [0.2, 0.25) is 5.02 Å². The predicted octanol–water partition coefficient (Wildman–Crippen LogP) is 4.13. The molecule has 0 unspecified atom stereocenters. The predicted molar refractivity (Wildman–Crippen MR) is 105 cm³/mol. The highest BCUT2D eigenvalue weighted by Gasteiger charge is 2.62. The van der Waals surface area contributed by atoms with Crippen LogP contribution < -0.4 is 4.90 Å². The molecule has 28 heavy (non-hydrogen) atoms. The maximum atomic E-state index is 13.5. The molecule has 4 aliphatic rings. The molecule has 0 radical (unpaired) electrons. The highest BCUT2D eigenvalue weighted by atomic mass is 35.5. The van der Waals surface area contributed by atoms with Crippen molar-refractivity contribution < 1.29 is 9.59 Å². The van der Waals surface area contributed by atoms with Crippen LogP contribution in [0.1, 0.15) is 34.1 Å². The van der Waals surface area contributed by atoms with Gasteiger partial charge >= 0.3 is 0 Å². The van der Waals surface area contributed by atoms with E-state index in [9.17, 15) is 9.59 Å². The third kappa shape index (κ3) is 1.88. The van der Waals surface area contributed by atoms with E-state index in [0.717, 1.165) is 22.3 Å². The third-order valence-electron chi connectivity index (χ3n) is 6.39. The number of aromatic nitrogens is 1. The van der Waals surface area contributed by atoms with Crippen molar-refractivity contribution >= 4 is 29.2 Å². The molecule has 0 N–H and O–H groups in total. The number of carbonyl (C=O) groups excluding carboxylic acids is 2. The quantitative estimate of drug-likeness (QED) is 0.591. The molecule has 7 rings (SSSR count). The van der Waals surface area contributed by atoms with Crippen molar-refractivity contribution in [2.45, 2.75) is 11.8 Å². The molecule has 5 heteroatoms. The maximum Gasteiger partial charge on any atom is 0.239 e. The molecular weight excluding hydrogens is 372 g/mol. The number of rotatable bonds is 1. The van der Waals surface area contributed by atoms with Gasteiger partial charge in [0.2, 0.25) is 11.8 Å². The molecule has 1 aliphatic heterocycles. The van der Waals surface area contributed by atoms with Crippen LogP contribution in [0.5, 0.6) is 0 Å². The smallest absolute Gasteiger partial charge is 0.239 e. The lowest BCUT2D eigenvalue weighted by atomic mass is 9.55. The summed E-state index contributed by atoms with van der Waals surface area (Å²) in [5.74, 6) is -1.06. The van der Waals surface area contributed by atoms with Crippen molar-refractivity contribution in [1.29, 1.82) is 0 Å². The molecule has 3 aliphatic carbocycles. The zero-order valence-electron chi connectivity index (χ0n) is 14.7. The van der Waals surface area contributed by atoms with Gasteiger partial charge in [-0.1, -0.05) is 60.1 Å². The fourth-order valence-corrected chi connectivity index (χ4v) is 5.57. The summed E-state index contributed by atoms with van der Waals surface area (Å²) in [4.78, 5) is 32.5. The topological polar surface area (TPSA) is 50.3 Å². The average molecular weight is 387 g/mol. The molecule has 3 aromatic rings. The molecule has 2 amide bonds. The lowest BCUT2D eigenvalue weighted by Crippen LogP contribution is -2.41. The number of nitrogens with zero attached hydrogens (tertiary/aromatic N) is 2. The largest absolute Gasteiger partial charge is 0.274 e. The van der Waals surface area contributed by atoms with Crippen molar-refractivity contribution in [2.75, 3.05) is 4.90 Å². The van der Waals surface area contributed by atoms with Gasteiger partial charge in [0.1, 0.15) is 5.82 Å². The number of halogens is 1. The van der Waals surface area contributed by atoms with Gasteiger partial charge in [0.05, 0.1) is 11.8 Å². The van der Waals surface area contributed by atoms with Crippen molar-refractivity contribution in [3.63, 3.8) is 0 Å². The van der Waals surface area contributed by atoms with E-state index in [1.54, 1.807) is 12.1 Å². The van der Waals surface area contributed by atoms with Crippen molar-refractivity contribution in [1.82, 2.24) is 4.98 Å². The number of hydrogen-bond donors (Lipinski definition) is 0. The van der Waals surface area contributed by atoms with Crippen LogP contribution in [0, 0.1) is 11.8 Å². The minimum atomic E-state index is -0.400. The highest BCUT2D eigenvalue weighted by molar-refractivity contribution is 6.31. The highest BCUT2D eigenvalue weighted by Crippen LogP contribution is 2.61. The molecule has 2 atom stereocenters. The molecule has 0 saturated carbocycles. The van der Waals surface area contributed by atoms with E-state index < -0.39 is 11.8 Å². The first-order valence-corrected chi connectivity index (χ1v) is 9.71. The Balaban J connectivity index is 1.58. The molecule has 1 aromatic heterocycles. The van der Waals surface area contributed by atoms with Gasteiger partial charge in [0, 0.05) is 29.1 Å². The molecule has 2 aromatic carbocycles. The number of pyridine rings is 1. The molecule has 1 saturated heterocycles. The van der Waals surface area contributed by atoms with Gasteiger partial charge in [-0.25, -0.2) is 9.88 Å². The Morgan fingerprint density at radius 2 is 1.21 bits per heavy atom. The Hall–Kier alpha value is -2.98. The normalized spacial score (nSPS) is 26.8. The molecule has 2 bridgehead atoms. The molecule has 0 spiro atoms. The fraction of sp³-hybridized carbons (Fsp3) is 0.174. The number of benzene rings is 2. The number of imide groups is 1. The lowest BCUT2D eigenvalue weighted by molar-refractivity contribution is -0.122. The molecule has 2 heterocycles. The Morgan fingerprint density at radius 1 is 0.750 bits per heavy atom. The number of hydrogen-bond acceptors (Lipinski definition) is 3. The second kappa shape index (κ2) is 5.52. The molecule has 136 valence electrons. The maximum absolute atomic E-state index is 13.5. The summed E-state index contributed by atoms with van der Waals surface area (Å²) in [6.07, 6.45) is 1.53. The Morgan fingerprint density at radius 3 is 1.64 bits per heavy atom. The van der Waals surface area contributed by atoms with Crippen LogP contribution >= 0.6 is 11.6 Å². The van der Waals surface area contributed by atoms with E-state index in [2.05, 4.69) is 29.2 Å². The van der Waals surface area contributed by atoms with Crippen LogP contribution in [-0.2, 0) is 9.59 Å². The van der Waals surface area contributed by atoms with Crippen LogP contribution in [0.3, 0.4) is 0 Å². The van der Waals surface area contributed by atoms with Gasteiger partial charge < -0.3 is 0 Å². The number of anilines is 1. The summed E-state index contributed by atoms with van der Waals surface area (Å²) in [5, 5.41) is 0.454. The average Bonchev–Trinajstić information content (AvgIpc) is 2.99. The molecule has 4 nitrogen and oxygen atoms in total. The Kier molecular flexibility index (Phi) is 3.16. The van der Waals surface area contributed by atoms with Crippen molar-refractivity contribution in [2.24, 2.45) is 11.8 Å². The minimum Gasteiger partial charge on any atom is -0.274 e. The van der Waals surface area contributed by atoms with Gasteiger partial charge in [0.15, 0.2) is 0 Å². The van der Waals surface area contributed by atoms with E-state index in [1.165, 1.54) is 11.1 Å². The van der Waals surface area contributed by atoms with Crippen LogP contribution in [0.25, 0.3) is 0 Å². The molecule has 1 fully saturated rings. The SMILES string of the molecule is O=C1[C@@H]2C3c4ccccc4C(c4ccccc43)[C@H]2C(=O)N1c1cc(Cl)ccn1.